The van der Waals surface area contributed by atoms with E-state index in [-0.39, 0.29) is 0 Å². The van der Waals surface area contributed by atoms with Crippen LogP contribution in [0.2, 0.25) is 0 Å². The molecule has 0 radical (unpaired) electrons. The van der Waals surface area contributed by atoms with Crippen molar-refractivity contribution in [3.05, 3.63) is 0 Å². The molecule has 0 aliphatic rings. The number of terminal acetylenes is 1. The average Bonchev–Trinajstić information content (AvgIpc) is 2.16. The summed E-state index contributed by atoms with van der Waals surface area (Å²) < 4.78 is 0. The van der Waals surface area contributed by atoms with Gasteiger partial charge in [0, 0.05) is 0 Å². The van der Waals surface area contributed by atoms with Gasteiger partial charge in [-0.25, -0.2) is 0 Å². The predicted octanol–water partition coefficient (Wildman–Crippen LogP) is 0.456. The summed E-state index contributed by atoms with van der Waals surface area (Å²) in [4.78, 5) is 3.62. The molecule has 0 bridgehead atoms. The molecule has 0 saturated carbocycles. The summed E-state index contributed by atoms with van der Waals surface area (Å²) in [5.74, 6) is 19.6. The number of hydrogen-bond donors (Lipinski definition) is 0. The summed E-state index contributed by atoms with van der Waals surface area (Å²) in [7, 11) is 1.36. The molecule has 0 unspecified atom stereocenters. The summed E-state index contributed by atoms with van der Waals surface area (Å²) in [6, 6.07) is 2.40. The van der Waals surface area contributed by atoms with Gasteiger partial charge in [-0.2, -0.15) is 0 Å². The summed E-state index contributed by atoms with van der Waals surface area (Å²) in [6.45, 7) is 1.71. The molecule has 0 spiro atoms. The van der Waals surface area contributed by atoms with Crippen LogP contribution in [-0.2, 0) is 0 Å². The number of hydrogen-bond acceptors (Lipinski definition) is 1. The monoisotopic (exact) mass is 161 g/mol. The second kappa shape index (κ2) is 9.66. The quantitative estimate of drug-likeness (QED) is 0.361. The van der Waals surface area contributed by atoms with Crippen LogP contribution < -0.4 is 0 Å². The van der Waals surface area contributed by atoms with Crippen LogP contribution in [-0.4, -0.2) is 7.07 Å². The van der Waals surface area contributed by atoms with Gasteiger partial charge >= 0.3 is 78.6 Å². The van der Waals surface area contributed by atoms with Gasteiger partial charge in [0.2, 0.25) is 0 Å². The van der Waals surface area contributed by atoms with Gasteiger partial charge in [-0.15, -0.1) is 0 Å². The van der Waals surface area contributed by atoms with E-state index in [2.05, 4.69) is 58.2 Å². The standard InChI is InChI=1S/C11H4BN/c1-3-5-7-9-11-13-12-10-8-6-4-2/h1H,2H3. The van der Waals surface area contributed by atoms with Gasteiger partial charge in [-0.3, -0.25) is 0 Å². The maximum absolute atomic E-state index is 4.86. The zero-order valence-corrected chi connectivity index (χ0v) is 7.10. The van der Waals surface area contributed by atoms with Crippen molar-refractivity contribution in [2.45, 2.75) is 6.92 Å². The summed E-state index contributed by atoms with van der Waals surface area (Å²) >= 11 is 0. The normalized spacial score (nSPS) is 4.92. The second-order valence-corrected chi connectivity index (χ2v) is 1.53. The third kappa shape index (κ3) is 9.66. The first-order valence-electron chi connectivity index (χ1n) is 3.31. The van der Waals surface area contributed by atoms with Crippen LogP contribution in [0.15, 0.2) is 4.90 Å². The first-order valence-corrected chi connectivity index (χ1v) is 3.31. The fourth-order valence-electron chi connectivity index (χ4n) is 0.323. The van der Waals surface area contributed by atoms with Gasteiger partial charge < -0.3 is 0 Å². The molecule has 0 aliphatic carbocycles. The molecule has 0 heterocycles. The first kappa shape index (κ1) is 10.7. The maximum atomic E-state index is 4.86. The molecule has 0 fully saturated rings. The van der Waals surface area contributed by atoms with Crippen molar-refractivity contribution in [3.63, 3.8) is 0 Å². The Labute approximate surface area is 79.3 Å². The van der Waals surface area contributed by atoms with E-state index < -0.39 is 0 Å². The Morgan fingerprint density at radius 1 is 1.08 bits per heavy atom. The SMILES string of the molecule is C#CC#CC#C/N=B/C#CC#CC. The summed E-state index contributed by atoms with van der Waals surface area (Å²) in [5, 5.41) is 0. The summed E-state index contributed by atoms with van der Waals surface area (Å²) in [5.41, 5.74) is 0. The van der Waals surface area contributed by atoms with Crippen molar-refractivity contribution in [1.82, 2.24) is 0 Å². The topological polar surface area (TPSA) is 12.4 Å². The van der Waals surface area contributed by atoms with Crippen molar-refractivity contribution in [3.8, 4) is 59.7 Å². The van der Waals surface area contributed by atoms with Crippen molar-refractivity contribution in [2.24, 2.45) is 4.90 Å². The molecule has 0 aliphatic heterocycles. The fourth-order valence-corrected chi connectivity index (χ4v) is 0.323. The Morgan fingerprint density at radius 2 is 1.92 bits per heavy atom. The van der Waals surface area contributed by atoms with Gasteiger partial charge in [0.15, 0.2) is 0 Å². The third-order valence-electron chi connectivity index (χ3n) is 0.706. The van der Waals surface area contributed by atoms with E-state index in [4.69, 9.17) is 6.42 Å². The van der Waals surface area contributed by atoms with Crippen molar-refractivity contribution < 1.29 is 0 Å². The van der Waals surface area contributed by atoms with Gasteiger partial charge in [0.1, 0.15) is 0 Å². The molecule has 0 saturated heterocycles. The van der Waals surface area contributed by atoms with E-state index in [1.807, 2.05) is 0 Å². The van der Waals surface area contributed by atoms with Crippen LogP contribution in [0.1, 0.15) is 6.92 Å². The molecule has 0 aromatic heterocycles. The molecule has 56 valence electrons. The van der Waals surface area contributed by atoms with E-state index in [1.54, 1.807) is 6.92 Å². The Balaban J connectivity index is 4.01. The zero-order chi connectivity index (χ0) is 9.78. The van der Waals surface area contributed by atoms with Crippen LogP contribution in [0.4, 0.5) is 0 Å². The van der Waals surface area contributed by atoms with E-state index in [1.165, 1.54) is 7.07 Å². The summed E-state index contributed by atoms with van der Waals surface area (Å²) in [6.07, 6.45) is 4.86. The second-order valence-electron chi connectivity index (χ2n) is 1.53. The minimum absolute atomic E-state index is 1.36. The molecule has 0 N–H and O–H groups in total. The molecule has 0 rings (SSSR count). The fraction of sp³-hybridized carbons (Fsp3) is 0.0909. The van der Waals surface area contributed by atoms with Crippen LogP contribution >= 0.6 is 0 Å². The molecular formula is C11H4BN. The van der Waals surface area contributed by atoms with Gasteiger partial charge in [-0.05, 0) is 0 Å². The van der Waals surface area contributed by atoms with E-state index in [0.29, 0.717) is 0 Å². The van der Waals surface area contributed by atoms with Crippen molar-refractivity contribution in [2.75, 3.05) is 0 Å². The van der Waals surface area contributed by atoms with Crippen molar-refractivity contribution >= 4 is 7.07 Å². The van der Waals surface area contributed by atoms with Crippen LogP contribution in [0.25, 0.3) is 0 Å². The molecule has 0 amide bonds. The Kier molecular flexibility index (Phi) is 7.93. The van der Waals surface area contributed by atoms with Crippen molar-refractivity contribution in [1.29, 1.82) is 0 Å². The Morgan fingerprint density at radius 3 is 2.62 bits per heavy atom. The van der Waals surface area contributed by atoms with E-state index >= 15 is 0 Å². The van der Waals surface area contributed by atoms with Crippen LogP contribution in [0.3, 0.4) is 0 Å². The average molecular weight is 161 g/mol. The van der Waals surface area contributed by atoms with E-state index in [9.17, 15) is 0 Å². The molecule has 2 heteroatoms. The van der Waals surface area contributed by atoms with Gasteiger partial charge in [0.05, 0.1) is 0 Å². The third-order valence-corrected chi connectivity index (χ3v) is 0.706. The molecule has 0 aromatic carbocycles. The van der Waals surface area contributed by atoms with Gasteiger partial charge in [0.25, 0.3) is 0 Å². The number of rotatable bonds is 0. The molecule has 0 atom stereocenters. The van der Waals surface area contributed by atoms with E-state index in [0.717, 1.165) is 0 Å². The molecule has 0 aromatic rings. The van der Waals surface area contributed by atoms with Crippen LogP contribution in [0.5, 0.6) is 0 Å². The number of nitrogens with zero attached hydrogens (tertiary/aromatic N) is 1. The molecular weight excluding hydrogens is 157 g/mol. The zero-order valence-electron chi connectivity index (χ0n) is 7.10. The Bertz CT molecular complexity index is 462. The molecule has 1 nitrogen and oxygen atoms in total. The van der Waals surface area contributed by atoms with Crippen LogP contribution in [0, 0.1) is 59.7 Å². The molecule has 13 heavy (non-hydrogen) atoms. The Hall–Kier alpha value is -2.34. The van der Waals surface area contributed by atoms with Gasteiger partial charge in [-0.1, -0.05) is 0 Å². The minimum atomic E-state index is 1.36. The predicted molar refractivity (Wildman–Crippen MR) is 53.8 cm³/mol. The first-order chi connectivity index (χ1) is 6.41.